The predicted molar refractivity (Wildman–Crippen MR) is 70.2 cm³/mol. The van der Waals surface area contributed by atoms with E-state index in [2.05, 4.69) is 5.32 Å². The third kappa shape index (κ3) is 2.81. The zero-order valence-corrected chi connectivity index (χ0v) is 10.6. The van der Waals surface area contributed by atoms with E-state index in [9.17, 15) is 13.6 Å². The van der Waals surface area contributed by atoms with Gasteiger partial charge in [-0.2, -0.15) is 5.26 Å². The second-order valence-corrected chi connectivity index (χ2v) is 4.22. The van der Waals surface area contributed by atoms with Crippen LogP contribution in [0.4, 0.5) is 14.5 Å². The van der Waals surface area contributed by atoms with E-state index >= 15 is 0 Å². The number of anilines is 1. The Bertz CT molecular complexity index is 720. The molecular weight excluding hydrogens is 262 g/mol. The Kier molecular flexibility index (Phi) is 3.76. The van der Waals surface area contributed by atoms with Crippen LogP contribution in [-0.4, -0.2) is 5.91 Å². The fourth-order valence-electron chi connectivity index (χ4n) is 1.69. The second-order valence-electron chi connectivity index (χ2n) is 4.22. The summed E-state index contributed by atoms with van der Waals surface area (Å²) < 4.78 is 26.3. The van der Waals surface area contributed by atoms with Crippen molar-refractivity contribution < 1.29 is 13.6 Å². The Morgan fingerprint density at radius 3 is 2.60 bits per heavy atom. The molecule has 3 nitrogen and oxygen atoms in total. The summed E-state index contributed by atoms with van der Waals surface area (Å²) >= 11 is 0. The summed E-state index contributed by atoms with van der Waals surface area (Å²) in [5, 5.41) is 11.3. The molecule has 5 heteroatoms. The lowest BCUT2D eigenvalue weighted by atomic mass is 10.1. The van der Waals surface area contributed by atoms with Crippen LogP contribution in [0.1, 0.15) is 21.5 Å². The smallest absolute Gasteiger partial charge is 0.258 e. The van der Waals surface area contributed by atoms with Crippen LogP contribution in [0, 0.1) is 29.9 Å². The third-order valence-electron chi connectivity index (χ3n) is 2.79. The van der Waals surface area contributed by atoms with Crippen LogP contribution in [0.2, 0.25) is 0 Å². The van der Waals surface area contributed by atoms with Gasteiger partial charge in [0.2, 0.25) is 0 Å². The monoisotopic (exact) mass is 272 g/mol. The molecule has 2 aromatic carbocycles. The molecule has 2 rings (SSSR count). The van der Waals surface area contributed by atoms with E-state index in [4.69, 9.17) is 5.26 Å². The number of nitrogens with zero attached hydrogens (tertiary/aromatic N) is 1. The van der Waals surface area contributed by atoms with Crippen molar-refractivity contribution in [3.05, 3.63) is 64.7 Å². The first-order chi connectivity index (χ1) is 9.51. The van der Waals surface area contributed by atoms with Crippen LogP contribution in [0.3, 0.4) is 0 Å². The predicted octanol–water partition coefficient (Wildman–Crippen LogP) is 3.40. The molecule has 0 aliphatic rings. The average Bonchev–Trinajstić information content (AvgIpc) is 2.41. The van der Waals surface area contributed by atoms with Crippen LogP contribution in [0.15, 0.2) is 36.4 Å². The van der Waals surface area contributed by atoms with Crippen molar-refractivity contribution >= 4 is 11.6 Å². The van der Waals surface area contributed by atoms with E-state index in [0.717, 1.165) is 17.7 Å². The molecule has 0 bridgehead atoms. The minimum Gasteiger partial charge on any atom is -0.322 e. The first-order valence-electron chi connectivity index (χ1n) is 5.78. The molecule has 0 saturated carbocycles. The molecule has 1 N–H and O–H groups in total. The quantitative estimate of drug-likeness (QED) is 0.911. The summed E-state index contributed by atoms with van der Waals surface area (Å²) in [5.74, 6) is -2.38. The Morgan fingerprint density at radius 2 is 1.95 bits per heavy atom. The Hall–Kier alpha value is -2.74. The maximum Gasteiger partial charge on any atom is 0.258 e. The molecule has 0 aliphatic heterocycles. The number of aryl methyl sites for hydroxylation is 1. The van der Waals surface area contributed by atoms with Gasteiger partial charge in [0.05, 0.1) is 17.2 Å². The number of amides is 1. The third-order valence-corrected chi connectivity index (χ3v) is 2.79. The van der Waals surface area contributed by atoms with Crippen molar-refractivity contribution in [3.8, 4) is 6.07 Å². The van der Waals surface area contributed by atoms with Gasteiger partial charge in [0.15, 0.2) is 0 Å². The van der Waals surface area contributed by atoms with Crippen molar-refractivity contribution in [3.63, 3.8) is 0 Å². The summed E-state index contributed by atoms with van der Waals surface area (Å²) in [7, 11) is 0. The van der Waals surface area contributed by atoms with E-state index in [0.29, 0.717) is 17.3 Å². The summed E-state index contributed by atoms with van der Waals surface area (Å²) in [5.41, 5.74) is 1.27. The van der Waals surface area contributed by atoms with E-state index in [1.54, 1.807) is 19.1 Å². The molecule has 0 aromatic heterocycles. The zero-order valence-electron chi connectivity index (χ0n) is 10.6. The molecule has 0 heterocycles. The maximum absolute atomic E-state index is 13.5. The number of hydrogen-bond donors (Lipinski definition) is 1. The summed E-state index contributed by atoms with van der Waals surface area (Å²) in [4.78, 5) is 11.9. The molecular formula is C15H10F2N2O. The SMILES string of the molecule is Cc1ccc(C#N)cc1NC(=O)c1ccc(F)cc1F. The van der Waals surface area contributed by atoms with Gasteiger partial charge in [-0.25, -0.2) is 8.78 Å². The Balaban J connectivity index is 2.30. The fraction of sp³-hybridized carbons (Fsp3) is 0.0667. The summed E-state index contributed by atoms with van der Waals surface area (Å²) in [6.45, 7) is 1.75. The number of halogens is 2. The largest absolute Gasteiger partial charge is 0.322 e. The molecule has 0 aliphatic carbocycles. The molecule has 20 heavy (non-hydrogen) atoms. The normalized spacial score (nSPS) is 9.90. The van der Waals surface area contributed by atoms with Gasteiger partial charge >= 0.3 is 0 Å². The molecule has 0 spiro atoms. The van der Waals surface area contributed by atoms with Crippen molar-refractivity contribution in [2.24, 2.45) is 0 Å². The van der Waals surface area contributed by atoms with Gasteiger partial charge in [-0.15, -0.1) is 0 Å². The van der Waals surface area contributed by atoms with E-state index < -0.39 is 17.5 Å². The molecule has 0 saturated heterocycles. The topological polar surface area (TPSA) is 52.9 Å². The maximum atomic E-state index is 13.5. The molecule has 0 atom stereocenters. The van der Waals surface area contributed by atoms with E-state index in [-0.39, 0.29) is 5.56 Å². The van der Waals surface area contributed by atoms with E-state index in [1.165, 1.54) is 6.07 Å². The van der Waals surface area contributed by atoms with Gasteiger partial charge in [0, 0.05) is 11.8 Å². The first kappa shape index (κ1) is 13.7. The lowest BCUT2D eigenvalue weighted by Crippen LogP contribution is -2.14. The number of carbonyl (C=O) groups excluding carboxylic acids is 1. The van der Waals surface area contributed by atoms with Crippen LogP contribution in [-0.2, 0) is 0 Å². The highest BCUT2D eigenvalue weighted by Gasteiger charge is 2.13. The number of nitrogens with one attached hydrogen (secondary N) is 1. The lowest BCUT2D eigenvalue weighted by Gasteiger charge is -2.09. The second kappa shape index (κ2) is 5.49. The van der Waals surface area contributed by atoms with E-state index in [1.807, 2.05) is 6.07 Å². The number of carbonyl (C=O) groups is 1. The first-order valence-corrected chi connectivity index (χ1v) is 5.78. The van der Waals surface area contributed by atoms with Gasteiger partial charge in [0.25, 0.3) is 5.91 Å². The molecule has 2 aromatic rings. The van der Waals surface area contributed by atoms with Crippen molar-refractivity contribution in [1.29, 1.82) is 5.26 Å². The van der Waals surface area contributed by atoms with Crippen molar-refractivity contribution in [2.45, 2.75) is 6.92 Å². The van der Waals surface area contributed by atoms with Gasteiger partial charge in [-0.05, 0) is 36.8 Å². The molecule has 0 unspecified atom stereocenters. The van der Waals surface area contributed by atoms with Crippen LogP contribution in [0.25, 0.3) is 0 Å². The van der Waals surface area contributed by atoms with Crippen molar-refractivity contribution in [1.82, 2.24) is 0 Å². The number of benzene rings is 2. The summed E-state index contributed by atoms with van der Waals surface area (Å²) in [6, 6.07) is 9.47. The summed E-state index contributed by atoms with van der Waals surface area (Å²) in [6.07, 6.45) is 0. The minimum absolute atomic E-state index is 0.256. The highest BCUT2D eigenvalue weighted by Crippen LogP contribution is 2.18. The number of hydrogen-bond acceptors (Lipinski definition) is 2. The highest BCUT2D eigenvalue weighted by atomic mass is 19.1. The molecule has 0 radical (unpaired) electrons. The fourth-order valence-corrected chi connectivity index (χ4v) is 1.69. The van der Waals surface area contributed by atoms with Crippen LogP contribution >= 0.6 is 0 Å². The van der Waals surface area contributed by atoms with Gasteiger partial charge in [0.1, 0.15) is 11.6 Å². The molecule has 100 valence electrons. The Labute approximate surface area is 114 Å². The highest BCUT2D eigenvalue weighted by molar-refractivity contribution is 6.04. The molecule has 1 amide bonds. The standard InChI is InChI=1S/C15H10F2N2O/c1-9-2-3-10(8-18)6-14(9)19-15(20)12-5-4-11(16)7-13(12)17/h2-7H,1H3,(H,19,20). The van der Waals surface area contributed by atoms with Gasteiger partial charge in [-0.3, -0.25) is 4.79 Å². The van der Waals surface area contributed by atoms with Crippen molar-refractivity contribution in [2.75, 3.05) is 5.32 Å². The van der Waals surface area contributed by atoms with Gasteiger partial charge < -0.3 is 5.32 Å². The molecule has 0 fully saturated rings. The van der Waals surface area contributed by atoms with Gasteiger partial charge in [-0.1, -0.05) is 6.07 Å². The average molecular weight is 272 g/mol. The number of nitriles is 1. The minimum atomic E-state index is -0.934. The zero-order chi connectivity index (χ0) is 14.7. The number of rotatable bonds is 2. The van der Waals surface area contributed by atoms with Crippen LogP contribution in [0.5, 0.6) is 0 Å². The Morgan fingerprint density at radius 1 is 1.20 bits per heavy atom. The van der Waals surface area contributed by atoms with Crippen LogP contribution < -0.4 is 5.32 Å². The lowest BCUT2D eigenvalue weighted by molar-refractivity contribution is 0.102.